The minimum atomic E-state index is -0.744. The summed E-state index contributed by atoms with van der Waals surface area (Å²) in [5.41, 5.74) is 1.83. The second kappa shape index (κ2) is 9.80. The molecule has 8 heteroatoms. The Hall–Kier alpha value is -3.10. The molecule has 1 aromatic carbocycles. The second-order valence-electron chi connectivity index (χ2n) is 7.03. The minimum Gasteiger partial charge on any atom is -0.445 e. The van der Waals surface area contributed by atoms with E-state index < -0.39 is 11.9 Å². The fourth-order valence-corrected chi connectivity index (χ4v) is 4.68. The third-order valence-corrected chi connectivity index (χ3v) is 6.25. The van der Waals surface area contributed by atoms with Crippen LogP contribution in [0.2, 0.25) is 0 Å². The molecule has 0 radical (unpaired) electrons. The van der Waals surface area contributed by atoms with Crippen molar-refractivity contribution in [3.63, 3.8) is 0 Å². The molecular formula is C23H22FN3O3S. The van der Waals surface area contributed by atoms with E-state index >= 15 is 4.39 Å². The number of thiazole rings is 1. The van der Waals surface area contributed by atoms with Gasteiger partial charge in [-0.05, 0) is 42.7 Å². The first-order valence-electron chi connectivity index (χ1n) is 9.99. The van der Waals surface area contributed by atoms with E-state index in [0.29, 0.717) is 24.5 Å². The molecule has 3 heterocycles. The van der Waals surface area contributed by atoms with E-state index in [1.807, 2.05) is 12.1 Å². The van der Waals surface area contributed by atoms with Gasteiger partial charge in [-0.15, -0.1) is 11.3 Å². The fraction of sp³-hybridized carbons (Fsp3) is 0.261. The van der Waals surface area contributed by atoms with Crippen LogP contribution < -0.4 is 5.32 Å². The number of rotatable bonds is 6. The number of nitrogens with zero attached hydrogens (tertiary/aromatic N) is 2. The summed E-state index contributed by atoms with van der Waals surface area (Å²) >= 11 is 1.57. The first-order valence-corrected chi connectivity index (χ1v) is 10.8. The summed E-state index contributed by atoms with van der Waals surface area (Å²) in [4.78, 5) is 21.7. The number of carbonyl (C=O) groups is 1. The van der Waals surface area contributed by atoms with Crippen LogP contribution in [0.4, 0.5) is 14.9 Å². The summed E-state index contributed by atoms with van der Waals surface area (Å²) < 4.78 is 25.8. The maximum atomic E-state index is 15.4. The van der Waals surface area contributed by atoms with Crippen molar-refractivity contribution in [2.24, 2.45) is 0 Å². The van der Waals surface area contributed by atoms with E-state index in [1.165, 1.54) is 12.1 Å². The topological polar surface area (TPSA) is 73.3 Å². The molecule has 2 aromatic heterocycles. The summed E-state index contributed by atoms with van der Waals surface area (Å²) in [5, 5.41) is 3.42. The Labute approximate surface area is 183 Å². The Bertz CT molecular complexity index is 1070. The number of pyridine rings is 1. The molecule has 0 aliphatic carbocycles. The first-order chi connectivity index (χ1) is 15.2. The molecular weight excluding hydrogens is 417 g/mol. The number of aromatic nitrogens is 2. The molecule has 0 spiro atoms. The van der Waals surface area contributed by atoms with Gasteiger partial charge in [0.2, 0.25) is 0 Å². The summed E-state index contributed by atoms with van der Waals surface area (Å²) in [5.74, 6) is -0.275. The summed E-state index contributed by atoms with van der Waals surface area (Å²) in [7, 11) is 0. The lowest BCUT2D eigenvalue weighted by Crippen LogP contribution is -2.15. The predicted molar refractivity (Wildman–Crippen MR) is 119 cm³/mol. The van der Waals surface area contributed by atoms with Crippen LogP contribution in [0.3, 0.4) is 0 Å². The molecule has 1 aliphatic heterocycles. The van der Waals surface area contributed by atoms with Gasteiger partial charge in [-0.1, -0.05) is 18.7 Å². The molecule has 0 unspecified atom stereocenters. The lowest BCUT2D eigenvalue weighted by molar-refractivity contribution is 0.0853. The highest BCUT2D eigenvalue weighted by Gasteiger charge is 2.25. The van der Waals surface area contributed by atoms with Crippen LogP contribution in [0.25, 0.3) is 21.7 Å². The molecule has 6 nitrogen and oxygen atoms in total. The number of ether oxygens (including phenoxy) is 2. The number of nitrogens with one attached hydrogen (secondary N) is 1. The average molecular weight is 440 g/mol. The minimum absolute atomic E-state index is 0.0351. The largest absolute Gasteiger partial charge is 0.445 e. The zero-order valence-corrected chi connectivity index (χ0v) is 17.7. The molecule has 1 N–H and O–H groups in total. The molecule has 3 aromatic rings. The number of hydrogen-bond donors (Lipinski definition) is 1. The quantitative estimate of drug-likeness (QED) is 0.503. The SMILES string of the molecule is C=CCOC(=O)Nc1cccc(-c2nc(C3CCOCC3)sc2-c2ccncc2)c1F. The van der Waals surface area contributed by atoms with Gasteiger partial charge in [0.25, 0.3) is 0 Å². The van der Waals surface area contributed by atoms with Crippen molar-refractivity contribution in [2.45, 2.75) is 18.8 Å². The van der Waals surface area contributed by atoms with Gasteiger partial charge >= 0.3 is 6.09 Å². The summed E-state index contributed by atoms with van der Waals surface area (Å²) in [6.45, 7) is 4.93. The Morgan fingerprint density at radius 3 is 2.81 bits per heavy atom. The zero-order chi connectivity index (χ0) is 21.6. The van der Waals surface area contributed by atoms with Crippen molar-refractivity contribution >= 4 is 23.1 Å². The maximum absolute atomic E-state index is 15.4. The third kappa shape index (κ3) is 4.81. The summed E-state index contributed by atoms with van der Waals surface area (Å²) in [6.07, 6.45) is 5.89. The van der Waals surface area contributed by atoms with Crippen molar-refractivity contribution in [1.29, 1.82) is 0 Å². The number of halogens is 1. The van der Waals surface area contributed by atoms with E-state index in [0.717, 1.165) is 28.3 Å². The van der Waals surface area contributed by atoms with Crippen molar-refractivity contribution in [3.8, 4) is 21.7 Å². The van der Waals surface area contributed by atoms with Gasteiger partial charge in [0.1, 0.15) is 6.61 Å². The molecule has 0 saturated carbocycles. The average Bonchev–Trinajstić information content (AvgIpc) is 3.25. The van der Waals surface area contributed by atoms with E-state index in [9.17, 15) is 4.79 Å². The van der Waals surface area contributed by atoms with E-state index in [-0.39, 0.29) is 18.2 Å². The highest BCUT2D eigenvalue weighted by atomic mass is 32.1. The van der Waals surface area contributed by atoms with Crippen molar-refractivity contribution < 1.29 is 18.7 Å². The second-order valence-corrected chi connectivity index (χ2v) is 8.06. The monoisotopic (exact) mass is 439 g/mol. The van der Waals surface area contributed by atoms with Crippen LogP contribution >= 0.6 is 11.3 Å². The number of carbonyl (C=O) groups excluding carboxylic acids is 1. The van der Waals surface area contributed by atoms with Gasteiger partial charge in [0.15, 0.2) is 5.82 Å². The molecule has 31 heavy (non-hydrogen) atoms. The standard InChI is InChI=1S/C23H22FN3O3S/c1-2-12-30-23(28)26-18-5-3-4-17(19(18)24)20-21(15-6-10-25-11-7-15)31-22(27-20)16-8-13-29-14-9-16/h2-7,10-11,16H,1,8-9,12-14H2,(H,26,28). The van der Waals surface area contributed by atoms with Crippen LogP contribution in [-0.2, 0) is 9.47 Å². The van der Waals surface area contributed by atoms with Crippen LogP contribution in [0.1, 0.15) is 23.8 Å². The predicted octanol–water partition coefficient (Wildman–Crippen LogP) is 5.64. The Morgan fingerprint density at radius 1 is 1.29 bits per heavy atom. The number of benzene rings is 1. The van der Waals surface area contributed by atoms with Crippen LogP contribution in [-0.4, -0.2) is 35.9 Å². The van der Waals surface area contributed by atoms with E-state index in [4.69, 9.17) is 14.5 Å². The molecule has 1 aliphatic rings. The lowest BCUT2D eigenvalue weighted by atomic mass is 10.0. The molecule has 0 bridgehead atoms. The van der Waals surface area contributed by atoms with Crippen molar-refractivity contribution in [1.82, 2.24) is 9.97 Å². The zero-order valence-electron chi connectivity index (χ0n) is 16.8. The molecule has 160 valence electrons. The number of anilines is 1. The van der Waals surface area contributed by atoms with Gasteiger partial charge < -0.3 is 9.47 Å². The van der Waals surface area contributed by atoms with Gasteiger partial charge in [0, 0.05) is 37.1 Å². The molecule has 4 rings (SSSR count). The van der Waals surface area contributed by atoms with E-state index in [2.05, 4.69) is 16.9 Å². The maximum Gasteiger partial charge on any atom is 0.412 e. The van der Waals surface area contributed by atoms with Crippen LogP contribution in [0.5, 0.6) is 0 Å². The molecule has 1 saturated heterocycles. The Kier molecular flexibility index (Phi) is 6.69. The van der Waals surface area contributed by atoms with Crippen molar-refractivity contribution in [2.75, 3.05) is 25.1 Å². The molecule has 0 atom stereocenters. The van der Waals surface area contributed by atoms with Gasteiger partial charge in [-0.2, -0.15) is 0 Å². The van der Waals surface area contributed by atoms with Crippen molar-refractivity contribution in [3.05, 3.63) is 66.2 Å². The van der Waals surface area contributed by atoms with Gasteiger partial charge in [0.05, 0.1) is 21.3 Å². The Balaban J connectivity index is 1.74. The van der Waals surface area contributed by atoms with Gasteiger partial charge in [-0.25, -0.2) is 14.2 Å². The Morgan fingerprint density at radius 2 is 2.06 bits per heavy atom. The normalized spacial score (nSPS) is 14.2. The first kappa shape index (κ1) is 21.1. The number of hydrogen-bond acceptors (Lipinski definition) is 6. The molecule has 1 amide bonds. The summed E-state index contributed by atoms with van der Waals surface area (Å²) in [6, 6.07) is 8.62. The number of amides is 1. The van der Waals surface area contributed by atoms with Gasteiger partial charge in [-0.3, -0.25) is 10.3 Å². The molecule has 1 fully saturated rings. The fourth-order valence-electron chi connectivity index (χ4n) is 3.43. The van der Waals surface area contributed by atoms with E-state index in [1.54, 1.807) is 35.9 Å². The smallest absolute Gasteiger partial charge is 0.412 e. The van der Waals surface area contributed by atoms with Crippen LogP contribution in [0.15, 0.2) is 55.4 Å². The lowest BCUT2D eigenvalue weighted by Gasteiger charge is -2.19. The highest BCUT2D eigenvalue weighted by molar-refractivity contribution is 7.15. The third-order valence-electron chi connectivity index (χ3n) is 4.98. The van der Waals surface area contributed by atoms with Crippen LogP contribution in [0, 0.1) is 5.82 Å². The highest BCUT2D eigenvalue weighted by Crippen LogP contribution is 2.42.